The Morgan fingerprint density at radius 2 is 1.90 bits per heavy atom. The van der Waals surface area contributed by atoms with E-state index in [-0.39, 0.29) is 11.1 Å². The zero-order chi connectivity index (χ0) is 14.8. The van der Waals surface area contributed by atoms with E-state index in [1.807, 2.05) is 72.4 Å². The molecule has 102 valence electrons. The van der Waals surface area contributed by atoms with E-state index in [9.17, 15) is 10.1 Å². The van der Waals surface area contributed by atoms with Crippen LogP contribution in [0.3, 0.4) is 0 Å². The van der Waals surface area contributed by atoms with Gasteiger partial charge < -0.3 is 9.55 Å². The van der Waals surface area contributed by atoms with Crippen molar-refractivity contribution in [2.24, 2.45) is 0 Å². The normalized spacial score (nSPS) is 10.3. The lowest BCUT2D eigenvalue weighted by molar-refractivity contribution is 1.08. The molecule has 0 saturated heterocycles. The summed E-state index contributed by atoms with van der Waals surface area (Å²) < 4.78 is 1.98. The highest BCUT2D eigenvalue weighted by Crippen LogP contribution is 2.24. The molecule has 0 spiro atoms. The molecule has 1 aromatic carbocycles. The topological polar surface area (TPSA) is 61.6 Å². The van der Waals surface area contributed by atoms with Crippen molar-refractivity contribution in [3.05, 3.63) is 76.5 Å². The Labute approximate surface area is 121 Å². The van der Waals surface area contributed by atoms with Crippen LogP contribution in [0.1, 0.15) is 11.3 Å². The van der Waals surface area contributed by atoms with Crippen LogP contribution in [0.2, 0.25) is 0 Å². The Hall–Kier alpha value is -3.06. The van der Waals surface area contributed by atoms with Gasteiger partial charge in [0.25, 0.3) is 5.56 Å². The van der Waals surface area contributed by atoms with Gasteiger partial charge in [0.1, 0.15) is 11.6 Å². The lowest BCUT2D eigenvalue weighted by Gasteiger charge is -2.08. The minimum absolute atomic E-state index is 0.144. The number of nitrogens with zero attached hydrogens (tertiary/aromatic N) is 2. The number of aromatic nitrogens is 2. The van der Waals surface area contributed by atoms with E-state index >= 15 is 0 Å². The van der Waals surface area contributed by atoms with Crippen molar-refractivity contribution in [2.75, 3.05) is 0 Å². The molecule has 2 heterocycles. The fourth-order valence-electron chi connectivity index (χ4n) is 2.37. The molecule has 0 radical (unpaired) electrons. The fraction of sp³-hybridized carbons (Fsp3) is 0.0588. The molecule has 0 atom stereocenters. The molecule has 0 aliphatic carbocycles. The van der Waals surface area contributed by atoms with Crippen molar-refractivity contribution < 1.29 is 0 Å². The summed E-state index contributed by atoms with van der Waals surface area (Å²) in [7, 11) is 0. The molecule has 0 aliphatic heterocycles. The van der Waals surface area contributed by atoms with E-state index in [1.165, 1.54) is 0 Å². The van der Waals surface area contributed by atoms with Gasteiger partial charge in [0, 0.05) is 29.3 Å². The second-order valence-electron chi connectivity index (χ2n) is 4.82. The van der Waals surface area contributed by atoms with Gasteiger partial charge in [0.2, 0.25) is 0 Å². The van der Waals surface area contributed by atoms with Crippen molar-refractivity contribution in [1.29, 1.82) is 5.26 Å². The van der Waals surface area contributed by atoms with Crippen LogP contribution < -0.4 is 5.56 Å². The number of hydrogen-bond donors (Lipinski definition) is 1. The largest absolute Gasteiger partial charge is 0.325 e. The number of aryl methyl sites for hydroxylation is 1. The van der Waals surface area contributed by atoms with Crippen LogP contribution in [0, 0.1) is 18.3 Å². The number of nitriles is 1. The minimum atomic E-state index is -0.348. The van der Waals surface area contributed by atoms with Crippen LogP contribution in [-0.4, -0.2) is 9.55 Å². The number of aromatic amines is 1. The van der Waals surface area contributed by atoms with Gasteiger partial charge in [-0.05, 0) is 42.8 Å². The quantitative estimate of drug-likeness (QED) is 0.781. The minimum Gasteiger partial charge on any atom is -0.325 e. The van der Waals surface area contributed by atoms with Crippen LogP contribution >= 0.6 is 0 Å². The summed E-state index contributed by atoms with van der Waals surface area (Å²) in [5.74, 6) is 0. The van der Waals surface area contributed by atoms with Gasteiger partial charge in [-0.25, -0.2) is 0 Å². The monoisotopic (exact) mass is 275 g/mol. The molecule has 3 aromatic rings. The van der Waals surface area contributed by atoms with Gasteiger partial charge in [-0.3, -0.25) is 4.79 Å². The first kappa shape index (κ1) is 12.9. The first-order valence-corrected chi connectivity index (χ1v) is 6.57. The summed E-state index contributed by atoms with van der Waals surface area (Å²) in [6.45, 7) is 1.81. The maximum Gasteiger partial charge on any atom is 0.266 e. The van der Waals surface area contributed by atoms with Gasteiger partial charge in [-0.1, -0.05) is 12.1 Å². The van der Waals surface area contributed by atoms with Gasteiger partial charge in [0.15, 0.2) is 0 Å². The van der Waals surface area contributed by atoms with Crippen LogP contribution in [0.5, 0.6) is 0 Å². The van der Waals surface area contributed by atoms with Crippen molar-refractivity contribution in [1.82, 2.24) is 9.55 Å². The van der Waals surface area contributed by atoms with Crippen LogP contribution in [0.25, 0.3) is 16.8 Å². The lowest BCUT2D eigenvalue weighted by Crippen LogP contribution is -2.12. The standard InChI is InChI=1S/C17H13N3O/c1-12-9-15(16(11-18)17(21)19-12)13-5-4-6-14(10-13)20-7-2-3-8-20/h2-10H,1H3,(H,19,21). The van der Waals surface area contributed by atoms with Crippen molar-refractivity contribution in [3.63, 3.8) is 0 Å². The maximum absolute atomic E-state index is 11.9. The Kier molecular flexibility index (Phi) is 3.17. The first-order valence-electron chi connectivity index (χ1n) is 6.57. The number of H-pyrrole nitrogens is 1. The molecular formula is C17H13N3O. The van der Waals surface area contributed by atoms with Crippen LogP contribution in [0.15, 0.2) is 59.7 Å². The second kappa shape index (κ2) is 5.14. The molecule has 0 fully saturated rings. The lowest BCUT2D eigenvalue weighted by atomic mass is 10.0. The molecule has 2 aromatic heterocycles. The van der Waals surface area contributed by atoms with Gasteiger partial charge in [-0.15, -0.1) is 0 Å². The summed E-state index contributed by atoms with van der Waals surface area (Å²) in [5.41, 5.74) is 3.03. The molecular weight excluding hydrogens is 262 g/mol. The fourth-order valence-corrected chi connectivity index (χ4v) is 2.37. The summed E-state index contributed by atoms with van der Waals surface area (Å²) in [6, 6.07) is 15.5. The van der Waals surface area contributed by atoms with Crippen molar-refractivity contribution in [2.45, 2.75) is 6.92 Å². The molecule has 3 rings (SSSR count). The number of nitrogens with one attached hydrogen (secondary N) is 1. The van der Waals surface area contributed by atoms with Gasteiger partial charge >= 0.3 is 0 Å². The van der Waals surface area contributed by atoms with E-state index < -0.39 is 0 Å². The highest BCUT2D eigenvalue weighted by atomic mass is 16.1. The number of benzene rings is 1. The highest BCUT2D eigenvalue weighted by Gasteiger charge is 2.10. The average molecular weight is 275 g/mol. The van der Waals surface area contributed by atoms with Crippen molar-refractivity contribution >= 4 is 0 Å². The molecule has 4 nitrogen and oxygen atoms in total. The summed E-state index contributed by atoms with van der Waals surface area (Å²) in [6.07, 6.45) is 3.90. The zero-order valence-corrected chi connectivity index (χ0v) is 11.5. The molecule has 0 saturated carbocycles. The molecule has 0 unspecified atom stereocenters. The molecule has 21 heavy (non-hydrogen) atoms. The van der Waals surface area contributed by atoms with E-state index in [0.29, 0.717) is 5.56 Å². The third kappa shape index (κ3) is 2.37. The predicted molar refractivity (Wildman–Crippen MR) is 81.3 cm³/mol. The summed E-state index contributed by atoms with van der Waals surface area (Å²) in [5, 5.41) is 9.23. The van der Waals surface area contributed by atoms with Crippen LogP contribution in [0.4, 0.5) is 0 Å². The molecule has 0 amide bonds. The maximum atomic E-state index is 11.9. The predicted octanol–water partition coefficient (Wildman–Crippen LogP) is 3.01. The first-order chi connectivity index (χ1) is 10.2. The molecule has 0 aliphatic rings. The average Bonchev–Trinajstić information content (AvgIpc) is 3.01. The third-order valence-electron chi connectivity index (χ3n) is 3.34. The van der Waals surface area contributed by atoms with E-state index in [4.69, 9.17) is 0 Å². The third-order valence-corrected chi connectivity index (χ3v) is 3.34. The van der Waals surface area contributed by atoms with Gasteiger partial charge in [0.05, 0.1) is 0 Å². The SMILES string of the molecule is Cc1cc(-c2cccc(-n3cccc3)c2)c(C#N)c(=O)[nH]1. The second-order valence-corrected chi connectivity index (χ2v) is 4.82. The Morgan fingerprint density at radius 1 is 1.14 bits per heavy atom. The van der Waals surface area contributed by atoms with E-state index in [2.05, 4.69) is 4.98 Å². The molecule has 1 N–H and O–H groups in total. The van der Waals surface area contributed by atoms with Gasteiger partial charge in [-0.2, -0.15) is 5.26 Å². The molecule has 4 heteroatoms. The summed E-state index contributed by atoms with van der Waals surface area (Å²) in [4.78, 5) is 14.6. The summed E-state index contributed by atoms with van der Waals surface area (Å²) >= 11 is 0. The number of rotatable bonds is 2. The van der Waals surface area contributed by atoms with E-state index in [1.54, 1.807) is 0 Å². The smallest absolute Gasteiger partial charge is 0.266 e. The molecule has 0 bridgehead atoms. The Morgan fingerprint density at radius 3 is 2.62 bits per heavy atom. The zero-order valence-electron chi connectivity index (χ0n) is 11.5. The van der Waals surface area contributed by atoms with Crippen LogP contribution in [-0.2, 0) is 0 Å². The Balaban J connectivity index is 2.21. The Bertz CT molecular complexity index is 883. The van der Waals surface area contributed by atoms with Crippen molar-refractivity contribution in [3.8, 4) is 22.9 Å². The highest BCUT2D eigenvalue weighted by molar-refractivity contribution is 5.72. The number of hydrogen-bond acceptors (Lipinski definition) is 2. The number of pyridine rings is 1. The van der Waals surface area contributed by atoms with E-state index in [0.717, 1.165) is 16.9 Å².